The van der Waals surface area contributed by atoms with Crippen molar-refractivity contribution in [2.75, 3.05) is 0 Å². The molecule has 1 unspecified atom stereocenters. The summed E-state index contributed by atoms with van der Waals surface area (Å²) in [7, 11) is 0. The highest BCUT2D eigenvalue weighted by molar-refractivity contribution is 6.31. The van der Waals surface area contributed by atoms with E-state index in [0.717, 1.165) is 6.07 Å². The van der Waals surface area contributed by atoms with Gasteiger partial charge in [-0.2, -0.15) is 0 Å². The van der Waals surface area contributed by atoms with Gasteiger partial charge in [-0.1, -0.05) is 11.6 Å². The summed E-state index contributed by atoms with van der Waals surface area (Å²) in [5.41, 5.74) is 4.27. The zero-order valence-electron chi connectivity index (χ0n) is 6.78. The summed E-state index contributed by atoms with van der Waals surface area (Å²) in [5, 5.41) is -0.696. The van der Waals surface area contributed by atoms with Gasteiger partial charge in [-0.15, -0.1) is 0 Å². The lowest BCUT2D eigenvalue weighted by Crippen LogP contribution is -2.21. The van der Waals surface area contributed by atoms with Crippen LogP contribution in [0.5, 0.6) is 0 Å². The summed E-state index contributed by atoms with van der Waals surface area (Å²) in [6.45, 7) is 0. The number of halogens is 5. The molecule has 78 valence electrons. The van der Waals surface area contributed by atoms with E-state index < -0.39 is 34.7 Å². The van der Waals surface area contributed by atoms with E-state index in [1.54, 1.807) is 0 Å². The number of benzene rings is 1. The Labute approximate surface area is 82.5 Å². The molecule has 0 saturated carbocycles. The fourth-order valence-electron chi connectivity index (χ4n) is 0.974. The van der Waals surface area contributed by atoms with Crippen LogP contribution in [0.1, 0.15) is 11.6 Å². The number of hydrogen-bond acceptors (Lipinski definition) is 1. The minimum Gasteiger partial charge on any atom is -0.319 e. The maximum atomic E-state index is 13.0. The number of hydrogen-bond donors (Lipinski definition) is 1. The quantitative estimate of drug-likeness (QED) is 0.610. The Bertz CT molecular complexity index is 342. The van der Waals surface area contributed by atoms with Crippen LogP contribution in [-0.2, 0) is 0 Å². The van der Waals surface area contributed by atoms with Crippen LogP contribution in [0, 0.1) is 11.6 Å². The molecule has 1 aromatic rings. The summed E-state index contributed by atoms with van der Waals surface area (Å²) in [5.74, 6) is -2.01. The van der Waals surface area contributed by atoms with Gasteiger partial charge in [0.1, 0.15) is 11.6 Å². The molecule has 0 radical (unpaired) electrons. The second kappa shape index (κ2) is 4.14. The predicted molar refractivity (Wildman–Crippen MR) is 44.3 cm³/mol. The Morgan fingerprint density at radius 1 is 1.14 bits per heavy atom. The van der Waals surface area contributed by atoms with Crippen molar-refractivity contribution in [1.29, 1.82) is 0 Å². The van der Waals surface area contributed by atoms with Crippen LogP contribution >= 0.6 is 11.6 Å². The van der Waals surface area contributed by atoms with Crippen LogP contribution in [0.4, 0.5) is 17.6 Å². The Morgan fingerprint density at radius 2 is 1.64 bits per heavy atom. The van der Waals surface area contributed by atoms with Gasteiger partial charge < -0.3 is 5.73 Å². The molecule has 0 aromatic heterocycles. The molecule has 2 N–H and O–H groups in total. The molecule has 0 aliphatic heterocycles. The molecule has 1 nitrogen and oxygen atoms in total. The highest BCUT2D eigenvalue weighted by Gasteiger charge is 2.25. The minimum atomic E-state index is -3.00. The van der Waals surface area contributed by atoms with Gasteiger partial charge in [-0.3, -0.25) is 0 Å². The van der Waals surface area contributed by atoms with Crippen LogP contribution in [0.2, 0.25) is 5.02 Å². The van der Waals surface area contributed by atoms with Gasteiger partial charge in [-0.25, -0.2) is 17.6 Å². The monoisotopic (exact) mass is 227 g/mol. The molecule has 14 heavy (non-hydrogen) atoms. The van der Waals surface area contributed by atoms with Crippen LogP contribution < -0.4 is 5.73 Å². The van der Waals surface area contributed by atoms with Crippen molar-refractivity contribution in [2.45, 2.75) is 12.5 Å². The third-order valence-corrected chi connectivity index (χ3v) is 2.07. The molecule has 1 atom stereocenters. The first kappa shape index (κ1) is 11.3. The second-order valence-electron chi connectivity index (χ2n) is 2.62. The fourth-order valence-corrected chi connectivity index (χ4v) is 1.25. The van der Waals surface area contributed by atoms with Crippen molar-refractivity contribution in [3.05, 3.63) is 34.4 Å². The maximum absolute atomic E-state index is 13.0. The van der Waals surface area contributed by atoms with Crippen LogP contribution in [0.15, 0.2) is 12.1 Å². The van der Waals surface area contributed by atoms with Crippen molar-refractivity contribution in [3.63, 3.8) is 0 Å². The average molecular weight is 228 g/mol. The molecule has 0 fully saturated rings. The zero-order chi connectivity index (χ0) is 10.9. The Hall–Kier alpha value is -0.810. The third-order valence-electron chi connectivity index (χ3n) is 1.68. The molecule has 0 aliphatic rings. The van der Waals surface area contributed by atoms with E-state index in [1.807, 2.05) is 0 Å². The van der Waals surface area contributed by atoms with E-state index in [1.165, 1.54) is 0 Å². The minimum absolute atomic E-state index is 0.693. The molecule has 0 amide bonds. The second-order valence-corrected chi connectivity index (χ2v) is 3.00. The topological polar surface area (TPSA) is 26.0 Å². The number of rotatable bonds is 2. The Morgan fingerprint density at radius 3 is 2.14 bits per heavy atom. The number of nitrogens with two attached hydrogens (primary N) is 1. The predicted octanol–water partition coefficient (Wildman–Crippen LogP) is 2.88. The SMILES string of the molecule is NC(c1c(F)ccc(F)c1Cl)C(F)F. The lowest BCUT2D eigenvalue weighted by Gasteiger charge is -2.13. The molecular formula is C8H6ClF4N. The van der Waals surface area contributed by atoms with E-state index >= 15 is 0 Å². The van der Waals surface area contributed by atoms with E-state index in [2.05, 4.69) is 0 Å². The van der Waals surface area contributed by atoms with Crippen molar-refractivity contribution in [1.82, 2.24) is 0 Å². The van der Waals surface area contributed by atoms with Crippen molar-refractivity contribution < 1.29 is 17.6 Å². The Kier molecular flexibility index (Phi) is 3.34. The molecule has 0 bridgehead atoms. The van der Waals surface area contributed by atoms with Crippen LogP contribution in [-0.4, -0.2) is 6.43 Å². The highest BCUT2D eigenvalue weighted by atomic mass is 35.5. The molecule has 0 spiro atoms. The largest absolute Gasteiger partial charge is 0.319 e. The lowest BCUT2D eigenvalue weighted by atomic mass is 10.1. The molecule has 1 rings (SSSR count). The maximum Gasteiger partial charge on any atom is 0.257 e. The molecule has 0 aliphatic carbocycles. The summed E-state index contributed by atoms with van der Waals surface area (Å²) in [6.07, 6.45) is -3.00. The van der Waals surface area contributed by atoms with E-state index in [9.17, 15) is 17.6 Å². The van der Waals surface area contributed by atoms with Gasteiger partial charge in [0, 0.05) is 5.56 Å². The first-order valence-corrected chi connectivity index (χ1v) is 4.00. The van der Waals surface area contributed by atoms with Crippen LogP contribution in [0.3, 0.4) is 0 Å². The first-order valence-electron chi connectivity index (χ1n) is 3.62. The summed E-state index contributed by atoms with van der Waals surface area (Å²) in [6, 6.07) is -0.462. The van der Waals surface area contributed by atoms with E-state index in [-0.39, 0.29) is 0 Å². The normalized spacial score (nSPS) is 13.4. The highest BCUT2D eigenvalue weighted by Crippen LogP contribution is 2.30. The van der Waals surface area contributed by atoms with Crippen molar-refractivity contribution in [3.8, 4) is 0 Å². The average Bonchev–Trinajstić information content (AvgIpc) is 2.12. The first-order chi connectivity index (χ1) is 6.45. The van der Waals surface area contributed by atoms with Crippen molar-refractivity contribution >= 4 is 11.6 Å². The van der Waals surface area contributed by atoms with Gasteiger partial charge in [-0.05, 0) is 12.1 Å². The molecule has 0 saturated heterocycles. The summed E-state index contributed by atoms with van der Waals surface area (Å²) >= 11 is 5.31. The van der Waals surface area contributed by atoms with Crippen LogP contribution in [0.25, 0.3) is 0 Å². The van der Waals surface area contributed by atoms with Crippen molar-refractivity contribution in [2.24, 2.45) is 5.73 Å². The van der Waals surface area contributed by atoms with Gasteiger partial charge in [0.25, 0.3) is 6.43 Å². The van der Waals surface area contributed by atoms with E-state index in [4.69, 9.17) is 17.3 Å². The van der Waals surface area contributed by atoms with Gasteiger partial charge in [0.15, 0.2) is 0 Å². The van der Waals surface area contributed by atoms with Gasteiger partial charge in [0.05, 0.1) is 11.1 Å². The third kappa shape index (κ3) is 1.99. The smallest absolute Gasteiger partial charge is 0.257 e. The summed E-state index contributed by atoms with van der Waals surface area (Å²) < 4.78 is 50.0. The molecule has 1 aromatic carbocycles. The zero-order valence-corrected chi connectivity index (χ0v) is 7.53. The summed E-state index contributed by atoms with van der Waals surface area (Å²) in [4.78, 5) is 0. The molecule has 6 heteroatoms. The molecular weight excluding hydrogens is 222 g/mol. The standard InChI is InChI=1S/C8H6ClF4N/c9-6-4(11)2-1-3(10)5(6)7(14)8(12)13/h1-2,7-8H,14H2. The lowest BCUT2D eigenvalue weighted by molar-refractivity contribution is 0.114. The Balaban J connectivity index is 3.25. The molecule has 0 heterocycles. The number of alkyl halides is 2. The fraction of sp³-hybridized carbons (Fsp3) is 0.250. The van der Waals surface area contributed by atoms with E-state index in [0.29, 0.717) is 6.07 Å². The van der Waals surface area contributed by atoms with Gasteiger partial charge >= 0.3 is 0 Å². The van der Waals surface area contributed by atoms with Gasteiger partial charge in [0.2, 0.25) is 0 Å².